The molecule has 2 heterocycles. The number of aliphatic carboxylic acids is 1. The maximum atomic E-state index is 14.0. The molecule has 0 saturated heterocycles. The van der Waals surface area contributed by atoms with Gasteiger partial charge in [-0.3, -0.25) is 4.79 Å². The first-order chi connectivity index (χ1) is 19.6. The van der Waals surface area contributed by atoms with E-state index in [-0.39, 0.29) is 6.42 Å². The Kier molecular flexibility index (Phi) is 7.66. The Labute approximate surface area is 234 Å². The number of fused-ring (bicyclic) bond motifs is 1. The monoisotopic (exact) mass is 580 g/mol. The summed E-state index contributed by atoms with van der Waals surface area (Å²) in [6.07, 6.45) is -2.72. The lowest BCUT2D eigenvalue weighted by molar-refractivity contribution is -0.138. The van der Waals surface area contributed by atoms with E-state index in [2.05, 4.69) is 20.6 Å². The van der Waals surface area contributed by atoms with Gasteiger partial charge in [-0.1, -0.05) is 36.4 Å². The van der Waals surface area contributed by atoms with E-state index < -0.39 is 35.2 Å². The molecule has 0 bridgehead atoms. The number of carboxylic acids is 1. The van der Waals surface area contributed by atoms with E-state index >= 15 is 0 Å². The van der Waals surface area contributed by atoms with Crippen molar-refractivity contribution in [2.75, 3.05) is 10.6 Å². The van der Waals surface area contributed by atoms with Gasteiger partial charge in [0.05, 0.1) is 27.2 Å². The van der Waals surface area contributed by atoms with Gasteiger partial charge in [-0.2, -0.15) is 13.2 Å². The van der Waals surface area contributed by atoms with Crippen LogP contribution in [-0.2, 0) is 17.4 Å². The number of hydrogen-bond acceptors (Lipinski definition) is 5. The first-order valence-corrected chi connectivity index (χ1v) is 13.0. The number of aromatic nitrogens is 2. The van der Waals surface area contributed by atoms with Crippen LogP contribution in [0.2, 0.25) is 0 Å². The van der Waals surface area contributed by atoms with Gasteiger partial charge in [-0.15, -0.1) is 11.3 Å². The highest BCUT2D eigenvalue weighted by Crippen LogP contribution is 2.37. The highest BCUT2D eigenvalue weighted by Gasteiger charge is 2.31. The maximum Gasteiger partial charge on any atom is 0.416 e. The van der Waals surface area contributed by atoms with Crippen molar-refractivity contribution in [2.45, 2.75) is 19.0 Å². The number of urea groups is 1. The zero-order valence-corrected chi connectivity index (χ0v) is 21.8. The van der Waals surface area contributed by atoms with Gasteiger partial charge >= 0.3 is 18.2 Å². The highest BCUT2D eigenvalue weighted by molar-refractivity contribution is 7.18. The molecule has 7 nitrogen and oxygen atoms in total. The van der Waals surface area contributed by atoms with E-state index in [0.29, 0.717) is 36.0 Å². The molecule has 3 N–H and O–H groups in total. The van der Waals surface area contributed by atoms with Crippen LogP contribution in [0, 0.1) is 5.82 Å². The number of halogens is 4. The first kappa shape index (κ1) is 27.7. The van der Waals surface area contributed by atoms with E-state index in [9.17, 15) is 27.2 Å². The molecule has 208 valence electrons. The smallest absolute Gasteiger partial charge is 0.416 e. The standard InChI is InChI=1S/C29H20F4N4O3S/c30-22-11-8-19(29(31,32)33)13-23(22)37-28(40)36-20-9-6-18(7-10-20)25-27-26(35-15-34-25)21(14-41-27)17-4-1-16(2-5-17)3-12-24(38)39/h1-2,4-11,13-15H,3,12H2,(H,38,39)(H2,36,37,40). The van der Waals surface area contributed by atoms with Crippen molar-refractivity contribution < 1.29 is 32.3 Å². The van der Waals surface area contributed by atoms with E-state index in [1.54, 1.807) is 24.3 Å². The van der Waals surface area contributed by atoms with Crippen LogP contribution in [-0.4, -0.2) is 27.1 Å². The van der Waals surface area contributed by atoms with Crippen molar-refractivity contribution >= 4 is 44.9 Å². The molecule has 3 aromatic carbocycles. The molecule has 0 unspecified atom stereocenters. The van der Waals surface area contributed by atoms with Crippen LogP contribution >= 0.6 is 11.3 Å². The number of hydrogen-bond donors (Lipinski definition) is 3. The van der Waals surface area contributed by atoms with E-state index in [1.807, 2.05) is 29.6 Å². The lowest BCUT2D eigenvalue weighted by Crippen LogP contribution is -2.20. The summed E-state index contributed by atoms with van der Waals surface area (Å²) in [5.74, 6) is -1.85. The average Bonchev–Trinajstić information content (AvgIpc) is 3.38. The summed E-state index contributed by atoms with van der Waals surface area (Å²) < 4.78 is 53.6. The van der Waals surface area contributed by atoms with Crippen molar-refractivity contribution in [3.8, 4) is 22.4 Å². The fraction of sp³-hybridized carbons (Fsp3) is 0.103. The van der Waals surface area contributed by atoms with Gasteiger partial charge in [-0.25, -0.2) is 19.2 Å². The summed E-state index contributed by atoms with van der Waals surface area (Å²) in [6, 6.07) is 15.1. The summed E-state index contributed by atoms with van der Waals surface area (Å²) in [6.45, 7) is 0. The van der Waals surface area contributed by atoms with Gasteiger partial charge in [0.1, 0.15) is 12.1 Å². The number of amides is 2. The average molecular weight is 581 g/mol. The van der Waals surface area contributed by atoms with Crippen molar-refractivity contribution in [3.05, 3.63) is 95.4 Å². The lowest BCUT2D eigenvalue weighted by Gasteiger charge is -2.12. The quantitative estimate of drug-likeness (QED) is 0.170. The number of alkyl halides is 3. The minimum atomic E-state index is -4.68. The molecule has 0 aliphatic carbocycles. The lowest BCUT2D eigenvalue weighted by atomic mass is 10.0. The summed E-state index contributed by atoms with van der Waals surface area (Å²) in [5.41, 5.74) is 3.59. The van der Waals surface area contributed by atoms with Gasteiger partial charge in [0.2, 0.25) is 0 Å². The molecule has 0 spiro atoms. The van der Waals surface area contributed by atoms with Crippen molar-refractivity contribution in [1.82, 2.24) is 9.97 Å². The fourth-order valence-corrected chi connectivity index (χ4v) is 5.20. The van der Waals surface area contributed by atoms with Crippen LogP contribution < -0.4 is 10.6 Å². The van der Waals surface area contributed by atoms with Crippen LogP contribution in [0.5, 0.6) is 0 Å². The second-order valence-corrected chi connectivity index (χ2v) is 9.87. The Balaban J connectivity index is 1.31. The number of nitrogens with zero attached hydrogens (tertiary/aromatic N) is 2. The van der Waals surface area contributed by atoms with Gasteiger partial charge < -0.3 is 15.7 Å². The molecular formula is C29H20F4N4O3S. The summed E-state index contributed by atoms with van der Waals surface area (Å²) in [5, 5.41) is 15.4. The molecule has 0 saturated carbocycles. The molecule has 0 fully saturated rings. The molecule has 12 heteroatoms. The first-order valence-electron chi connectivity index (χ1n) is 12.2. The third kappa shape index (κ3) is 6.33. The Morgan fingerprint density at radius 1 is 0.902 bits per heavy atom. The Morgan fingerprint density at radius 3 is 2.29 bits per heavy atom. The van der Waals surface area contributed by atoms with Crippen molar-refractivity contribution in [1.29, 1.82) is 0 Å². The van der Waals surface area contributed by atoms with Crippen molar-refractivity contribution in [2.24, 2.45) is 0 Å². The van der Waals surface area contributed by atoms with Gasteiger partial charge in [-0.05, 0) is 47.9 Å². The molecule has 5 rings (SSSR count). The van der Waals surface area contributed by atoms with Crippen LogP contribution in [0.25, 0.3) is 32.6 Å². The number of rotatable bonds is 7. The maximum absolute atomic E-state index is 14.0. The number of carbonyl (C=O) groups excluding carboxylic acids is 1. The van der Waals surface area contributed by atoms with Crippen LogP contribution in [0.3, 0.4) is 0 Å². The zero-order valence-electron chi connectivity index (χ0n) is 21.0. The molecule has 2 amide bonds. The van der Waals surface area contributed by atoms with Gasteiger partial charge in [0.25, 0.3) is 0 Å². The highest BCUT2D eigenvalue weighted by atomic mass is 32.1. The molecular weight excluding hydrogens is 560 g/mol. The predicted molar refractivity (Wildman–Crippen MR) is 148 cm³/mol. The molecule has 0 radical (unpaired) electrons. The number of anilines is 2. The third-order valence-corrected chi connectivity index (χ3v) is 7.18. The third-order valence-electron chi connectivity index (χ3n) is 6.20. The summed E-state index contributed by atoms with van der Waals surface area (Å²) >= 11 is 1.47. The Morgan fingerprint density at radius 2 is 1.61 bits per heavy atom. The Bertz CT molecular complexity index is 1740. The number of carbonyl (C=O) groups is 2. The number of carboxylic acid groups (broad SMARTS) is 1. The minimum absolute atomic E-state index is 0.0602. The summed E-state index contributed by atoms with van der Waals surface area (Å²) in [4.78, 5) is 32.1. The summed E-state index contributed by atoms with van der Waals surface area (Å²) in [7, 11) is 0. The van der Waals surface area contributed by atoms with E-state index in [1.165, 1.54) is 17.7 Å². The molecule has 0 aliphatic heterocycles. The SMILES string of the molecule is O=C(O)CCc1ccc(-c2csc3c(-c4ccc(NC(=O)Nc5cc(C(F)(F)F)ccc5F)cc4)ncnc23)cc1. The van der Waals surface area contributed by atoms with Crippen molar-refractivity contribution in [3.63, 3.8) is 0 Å². The Hall–Kier alpha value is -4.84. The predicted octanol–water partition coefficient (Wildman–Crippen LogP) is 7.84. The topological polar surface area (TPSA) is 104 Å². The molecule has 0 atom stereocenters. The van der Waals surface area contributed by atoms with Crippen LogP contribution in [0.4, 0.5) is 33.7 Å². The van der Waals surface area contributed by atoms with Gasteiger partial charge in [0.15, 0.2) is 0 Å². The fourth-order valence-electron chi connectivity index (χ4n) is 4.16. The number of benzene rings is 3. The minimum Gasteiger partial charge on any atom is -0.481 e. The van der Waals surface area contributed by atoms with Gasteiger partial charge in [0, 0.05) is 28.6 Å². The number of nitrogens with one attached hydrogen (secondary N) is 2. The second-order valence-electron chi connectivity index (χ2n) is 8.99. The molecule has 41 heavy (non-hydrogen) atoms. The van der Waals surface area contributed by atoms with E-state index in [0.717, 1.165) is 32.5 Å². The number of aryl methyl sites for hydroxylation is 1. The van der Waals surface area contributed by atoms with E-state index in [4.69, 9.17) is 5.11 Å². The molecule has 5 aromatic rings. The second kappa shape index (κ2) is 11.3. The largest absolute Gasteiger partial charge is 0.481 e. The normalized spacial score (nSPS) is 11.4. The van der Waals surface area contributed by atoms with Crippen LogP contribution in [0.15, 0.2) is 78.4 Å². The molecule has 0 aliphatic rings. The molecule has 2 aromatic heterocycles. The zero-order chi connectivity index (χ0) is 29.1. The van der Waals surface area contributed by atoms with Crippen LogP contribution in [0.1, 0.15) is 17.5 Å². The number of thiophene rings is 1.